The van der Waals surface area contributed by atoms with Crippen LogP contribution in [0.5, 0.6) is 11.5 Å². The first kappa shape index (κ1) is 20.3. The van der Waals surface area contributed by atoms with Gasteiger partial charge in [-0.2, -0.15) is 5.10 Å². The number of aromatic amines is 1. The molecular weight excluding hydrogens is 406 g/mol. The van der Waals surface area contributed by atoms with Crippen LogP contribution in [-0.4, -0.2) is 51.0 Å². The van der Waals surface area contributed by atoms with Gasteiger partial charge in [-0.1, -0.05) is 23.7 Å². The van der Waals surface area contributed by atoms with Gasteiger partial charge in [0.2, 0.25) is 0 Å². The number of fused-ring (bicyclic) bond motifs is 1. The van der Waals surface area contributed by atoms with Gasteiger partial charge >= 0.3 is 0 Å². The van der Waals surface area contributed by atoms with Crippen LogP contribution in [0.4, 0.5) is 0 Å². The van der Waals surface area contributed by atoms with Crippen LogP contribution in [-0.2, 0) is 0 Å². The molecule has 3 N–H and O–H groups in total. The summed E-state index contributed by atoms with van der Waals surface area (Å²) in [7, 11) is 0. The van der Waals surface area contributed by atoms with Gasteiger partial charge in [-0.25, -0.2) is 0 Å². The first-order chi connectivity index (χ1) is 14.5. The number of rotatable bonds is 6. The largest absolute Gasteiger partial charge is 0.507 e. The van der Waals surface area contributed by atoms with Crippen molar-refractivity contribution in [3.05, 3.63) is 63.8 Å². The van der Waals surface area contributed by atoms with Crippen LogP contribution in [0, 0.1) is 6.92 Å². The monoisotopic (exact) mass is 427 g/mol. The van der Waals surface area contributed by atoms with E-state index in [4.69, 9.17) is 16.3 Å². The Morgan fingerprint density at radius 1 is 1.27 bits per heavy atom. The number of carbonyl (C=O) groups is 1. The molecule has 1 aliphatic rings. The molecule has 0 unspecified atom stereocenters. The van der Waals surface area contributed by atoms with E-state index >= 15 is 0 Å². The van der Waals surface area contributed by atoms with E-state index in [1.807, 2.05) is 31.2 Å². The van der Waals surface area contributed by atoms with Crippen LogP contribution < -0.4 is 4.74 Å². The first-order valence-electron chi connectivity index (χ1n) is 9.68. The number of β-amino-alcohol motifs (C(OH)–C–C–N with tert-alkyl or cyclic N) is 1. The highest BCUT2D eigenvalue weighted by Gasteiger charge is 2.42. The normalized spacial score (nSPS) is 15.5. The van der Waals surface area contributed by atoms with E-state index < -0.39 is 6.04 Å². The number of carbonyl (C=O) groups excluding carboxylic acids is 1. The molecule has 0 spiro atoms. The van der Waals surface area contributed by atoms with Crippen LogP contribution in [0.3, 0.4) is 0 Å². The average Bonchev–Trinajstić information content (AvgIpc) is 3.26. The van der Waals surface area contributed by atoms with Gasteiger partial charge in [-0.3, -0.25) is 9.89 Å². The van der Waals surface area contributed by atoms with Crippen molar-refractivity contribution in [3.8, 4) is 22.8 Å². The molecule has 0 saturated heterocycles. The molecule has 4 rings (SSSR count). The Hall–Kier alpha value is -3.03. The number of aryl methyl sites for hydroxylation is 1. The fraction of sp³-hybridized carbons (Fsp3) is 0.273. The van der Waals surface area contributed by atoms with Gasteiger partial charge in [0.15, 0.2) is 0 Å². The smallest absolute Gasteiger partial charge is 0.273 e. The zero-order valence-corrected chi connectivity index (χ0v) is 17.4. The number of nitrogens with zero attached hydrogens (tertiary/aromatic N) is 2. The molecule has 2 aromatic carbocycles. The van der Waals surface area contributed by atoms with Crippen molar-refractivity contribution in [1.29, 1.82) is 0 Å². The summed E-state index contributed by atoms with van der Waals surface area (Å²) in [6.45, 7) is 4.26. The van der Waals surface area contributed by atoms with Crippen molar-refractivity contribution < 1.29 is 19.7 Å². The summed E-state index contributed by atoms with van der Waals surface area (Å²) in [5.74, 6) is 0.508. The number of ether oxygens (including phenoxy) is 1. The highest BCUT2D eigenvalue weighted by molar-refractivity contribution is 6.31. The molecule has 1 atom stereocenters. The molecule has 0 fully saturated rings. The second-order valence-electron chi connectivity index (χ2n) is 7.11. The SMILES string of the molecule is CCOc1ccc([C@H]2c3c(-c4cc(Cl)c(C)cc4O)n[nH]c3C(=O)N2CCO)cc1. The molecule has 0 saturated carbocycles. The van der Waals surface area contributed by atoms with Gasteiger partial charge in [-0.15, -0.1) is 0 Å². The Morgan fingerprint density at radius 3 is 2.67 bits per heavy atom. The lowest BCUT2D eigenvalue weighted by atomic mass is 9.95. The molecule has 0 aliphatic carbocycles. The maximum absolute atomic E-state index is 13.0. The molecule has 30 heavy (non-hydrogen) atoms. The summed E-state index contributed by atoms with van der Waals surface area (Å²) in [5, 5.41) is 27.7. The molecule has 7 nitrogen and oxygen atoms in total. The second-order valence-corrected chi connectivity index (χ2v) is 7.51. The highest BCUT2D eigenvalue weighted by atomic mass is 35.5. The minimum absolute atomic E-state index is 0.0321. The molecule has 8 heteroatoms. The number of amides is 1. The summed E-state index contributed by atoms with van der Waals surface area (Å²) in [4.78, 5) is 14.6. The Balaban J connectivity index is 1.87. The molecule has 156 valence electrons. The van der Waals surface area contributed by atoms with Crippen molar-refractivity contribution >= 4 is 17.5 Å². The third kappa shape index (κ3) is 3.30. The highest BCUT2D eigenvalue weighted by Crippen LogP contribution is 2.45. The fourth-order valence-corrected chi connectivity index (χ4v) is 4.02. The maximum atomic E-state index is 13.0. The lowest BCUT2D eigenvalue weighted by Crippen LogP contribution is -2.32. The number of aliphatic hydroxyl groups excluding tert-OH is 1. The summed E-state index contributed by atoms with van der Waals surface area (Å²) < 4.78 is 5.52. The first-order valence-corrected chi connectivity index (χ1v) is 10.1. The van der Waals surface area contributed by atoms with Crippen molar-refractivity contribution in [3.63, 3.8) is 0 Å². The zero-order chi connectivity index (χ0) is 21.4. The van der Waals surface area contributed by atoms with E-state index in [9.17, 15) is 15.0 Å². The predicted octanol–water partition coefficient (Wildman–Crippen LogP) is 3.68. The molecule has 1 aromatic heterocycles. The molecule has 2 heterocycles. The number of nitrogens with one attached hydrogen (secondary N) is 1. The quantitative estimate of drug-likeness (QED) is 0.557. The van der Waals surface area contributed by atoms with E-state index in [1.54, 1.807) is 24.0 Å². The number of benzene rings is 2. The van der Waals surface area contributed by atoms with E-state index in [0.29, 0.717) is 34.1 Å². The van der Waals surface area contributed by atoms with Crippen molar-refractivity contribution in [1.82, 2.24) is 15.1 Å². The third-order valence-corrected chi connectivity index (χ3v) is 5.65. The zero-order valence-electron chi connectivity index (χ0n) is 16.6. The van der Waals surface area contributed by atoms with Crippen LogP contribution in [0.25, 0.3) is 11.3 Å². The lowest BCUT2D eigenvalue weighted by Gasteiger charge is -2.26. The van der Waals surface area contributed by atoms with Gasteiger partial charge in [-0.05, 0) is 49.2 Å². The van der Waals surface area contributed by atoms with E-state index in [2.05, 4.69) is 10.2 Å². The minimum atomic E-state index is -0.469. The fourth-order valence-electron chi connectivity index (χ4n) is 3.86. The van der Waals surface area contributed by atoms with Crippen LogP contribution in [0.1, 0.15) is 40.1 Å². The number of halogens is 1. The Kier molecular flexibility index (Phi) is 5.40. The molecule has 0 radical (unpaired) electrons. The van der Waals surface area contributed by atoms with Gasteiger partial charge in [0, 0.05) is 22.7 Å². The number of H-pyrrole nitrogens is 1. The number of aromatic hydroxyl groups is 1. The Bertz CT molecular complexity index is 1090. The van der Waals surface area contributed by atoms with Gasteiger partial charge in [0.1, 0.15) is 22.9 Å². The maximum Gasteiger partial charge on any atom is 0.273 e. The average molecular weight is 428 g/mol. The van der Waals surface area contributed by atoms with Crippen molar-refractivity contribution in [2.24, 2.45) is 0 Å². The number of hydrogen-bond acceptors (Lipinski definition) is 5. The summed E-state index contributed by atoms with van der Waals surface area (Å²) >= 11 is 6.29. The minimum Gasteiger partial charge on any atom is -0.507 e. The Labute approximate surface area is 178 Å². The van der Waals surface area contributed by atoms with Crippen molar-refractivity contribution in [2.75, 3.05) is 19.8 Å². The van der Waals surface area contributed by atoms with Gasteiger partial charge in [0.25, 0.3) is 5.91 Å². The van der Waals surface area contributed by atoms with Gasteiger partial charge in [0.05, 0.1) is 19.3 Å². The summed E-state index contributed by atoms with van der Waals surface area (Å²) in [6.07, 6.45) is 0. The number of phenols is 1. The molecule has 0 bridgehead atoms. The van der Waals surface area contributed by atoms with E-state index in [0.717, 1.165) is 16.9 Å². The van der Waals surface area contributed by atoms with Crippen LogP contribution >= 0.6 is 11.6 Å². The molecular formula is C22H22ClN3O4. The van der Waals surface area contributed by atoms with Crippen molar-refractivity contribution in [2.45, 2.75) is 19.9 Å². The third-order valence-electron chi connectivity index (χ3n) is 5.24. The summed E-state index contributed by atoms with van der Waals surface area (Å²) in [6, 6.07) is 10.2. The second kappa shape index (κ2) is 8.01. The lowest BCUT2D eigenvalue weighted by molar-refractivity contribution is 0.0706. The number of phenolic OH excluding ortho intramolecular Hbond substituents is 1. The number of hydrogen-bond donors (Lipinski definition) is 3. The molecule has 1 amide bonds. The van der Waals surface area contributed by atoms with Crippen LogP contribution in [0.2, 0.25) is 5.02 Å². The molecule has 3 aromatic rings. The number of aliphatic hydroxyl groups is 1. The Morgan fingerprint density at radius 2 is 2.00 bits per heavy atom. The predicted molar refractivity (Wildman–Crippen MR) is 113 cm³/mol. The standard InChI is InChI=1S/C22H22ClN3O4/c1-3-30-14-6-4-13(5-7-14)21-18-19(15-11-16(23)12(2)10-17(15)28)24-25-20(18)22(29)26(21)8-9-27/h4-7,10-11,21,27-28H,3,8-9H2,1-2H3,(H,24,25)/t21-/m0/s1. The van der Waals surface area contributed by atoms with Gasteiger partial charge < -0.3 is 19.8 Å². The van der Waals surface area contributed by atoms with Crippen LogP contribution in [0.15, 0.2) is 36.4 Å². The van der Waals surface area contributed by atoms with E-state index in [-0.39, 0.29) is 24.8 Å². The van der Waals surface area contributed by atoms with E-state index in [1.165, 1.54) is 0 Å². The summed E-state index contributed by atoms with van der Waals surface area (Å²) in [5.41, 5.74) is 3.47. The topological polar surface area (TPSA) is 98.7 Å². The number of aromatic nitrogens is 2. The molecule has 1 aliphatic heterocycles.